The van der Waals surface area contributed by atoms with Crippen molar-refractivity contribution in [2.75, 3.05) is 33.3 Å². The third kappa shape index (κ3) is 3.03. The van der Waals surface area contributed by atoms with Crippen LogP contribution in [-0.2, 0) is 22.4 Å². The molecular weight excluding hydrogens is 292 g/mol. The number of carbonyl (C=O) groups is 2. The molecule has 0 saturated carbocycles. The lowest BCUT2D eigenvalue weighted by Crippen LogP contribution is -2.42. The summed E-state index contributed by atoms with van der Waals surface area (Å²) in [6.45, 7) is 1.65. The number of likely N-dealkylation sites (tertiary alicyclic amines) is 1. The van der Waals surface area contributed by atoms with Gasteiger partial charge in [-0.25, -0.2) is 0 Å². The van der Waals surface area contributed by atoms with Crippen LogP contribution in [0.25, 0.3) is 0 Å². The summed E-state index contributed by atoms with van der Waals surface area (Å²) in [6.07, 6.45) is 2.64. The number of fused-ring (bicyclic) bond motifs is 1. The van der Waals surface area contributed by atoms with Gasteiger partial charge in [0.1, 0.15) is 0 Å². The lowest BCUT2D eigenvalue weighted by Gasteiger charge is -2.32. The van der Waals surface area contributed by atoms with E-state index >= 15 is 0 Å². The van der Waals surface area contributed by atoms with Gasteiger partial charge < -0.3 is 10.0 Å². The van der Waals surface area contributed by atoms with Crippen LogP contribution in [0.5, 0.6) is 0 Å². The standard InChI is InChI=1S/C18H24N2O3/c1-19(10-11-21)8-9-20-16(22)13-18(17(20)23)7-6-14-4-2-3-5-15(14)12-18/h2-5,21H,6-13H2,1H3. The topological polar surface area (TPSA) is 60.9 Å². The molecule has 1 N–H and O–H groups in total. The highest BCUT2D eigenvalue weighted by Gasteiger charge is 2.52. The van der Waals surface area contributed by atoms with Gasteiger partial charge in [-0.3, -0.25) is 14.5 Å². The molecule has 1 aliphatic heterocycles. The second kappa shape index (κ2) is 6.42. The normalized spacial score (nSPS) is 23.9. The van der Waals surface area contributed by atoms with Crippen molar-refractivity contribution in [3.8, 4) is 0 Å². The molecule has 1 aromatic rings. The number of hydrogen-bond acceptors (Lipinski definition) is 4. The zero-order chi connectivity index (χ0) is 16.4. The Labute approximate surface area is 136 Å². The van der Waals surface area contributed by atoms with E-state index in [2.05, 4.69) is 12.1 Å². The fourth-order valence-corrected chi connectivity index (χ4v) is 3.77. The fourth-order valence-electron chi connectivity index (χ4n) is 3.77. The van der Waals surface area contributed by atoms with Crippen LogP contribution in [0.1, 0.15) is 24.0 Å². The van der Waals surface area contributed by atoms with Gasteiger partial charge in [-0.05, 0) is 37.4 Å². The Balaban J connectivity index is 1.72. The second-order valence-corrected chi connectivity index (χ2v) is 6.78. The Bertz CT molecular complexity index is 616. The van der Waals surface area contributed by atoms with Crippen molar-refractivity contribution in [1.29, 1.82) is 0 Å². The van der Waals surface area contributed by atoms with Crippen LogP contribution in [-0.4, -0.2) is 60.0 Å². The number of imide groups is 1. The number of aliphatic hydroxyl groups excluding tert-OH is 1. The van der Waals surface area contributed by atoms with Crippen molar-refractivity contribution in [1.82, 2.24) is 9.80 Å². The highest BCUT2D eigenvalue weighted by atomic mass is 16.3. The molecule has 0 radical (unpaired) electrons. The van der Waals surface area contributed by atoms with Crippen molar-refractivity contribution in [3.05, 3.63) is 35.4 Å². The van der Waals surface area contributed by atoms with Crippen molar-refractivity contribution >= 4 is 11.8 Å². The minimum absolute atomic E-state index is 0.00518. The van der Waals surface area contributed by atoms with E-state index in [9.17, 15) is 9.59 Å². The Morgan fingerprint density at radius 2 is 1.91 bits per heavy atom. The van der Waals surface area contributed by atoms with E-state index in [1.54, 1.807) is 0 Å². The number of aryl methyl sites for hydroxylation is 1. The number of amides is 2. The van der Waals surface area contributed by atoms with Gasteiger partial charge in [-0.1, -0.05) is 24.3 Å². The lowest BCUT2D eigenvalue weighted by molar-refractivity contribution is -0.141. The van der Waals surface area contributed by atoms with E-state index < -0.39 is 5.41 Å². The molecule has 0 bridgehead atoms. The highest BCUT2D eigenvalue weighted by molar-refractivity contribution is 6.06. The number of rotatable bonds is 5. The number of benzene rings is 1. The maximum absolute atomic E-state index is 12.9. The van der Waals surface area contributed by atoms with Crippen LogP contribution >= 0.6 is 0 Å². The molecule has 3 rings (SSSR count). The van der Waals surface area contributed by atoms with Gasteiger partial charge in [0.25, 0.3) is 0 Å². The average molecular weight is 316 g/mol. The van der Waals surface area contributed by atoms with Crippen LogP contribution in [0.4, 0.5) is 0 Å². The molecule has 1 aromatic carbocycles. The van der Waals surface area contributed by atoms with Crippen LogP contribution in [0.15, 0.2) is 24.3 Å². The molecule has 5 nitrogen and oxygen atoms in total. The van der Waals surface area contributed by atoms with Crippen LogP contribution in [0.2, 0.25) is 0 Å². The first-order valence-electron chi connectivity index (χ1n) is 8.27. The molecule has 1 spiro atoms. The molecule has 1 saturated heterocycles. The van der Waals surface area contributed by atoms with E-state index in [1.165, 1.54) is 16.0 Å². The lowest BCUT2D eigenvalue weighted by atomic mass is 9.70. The average Bonchev–Trinajstić information content (AvgIpc) is 2.76. The van der Waals surface area contributed by atoms with Crippen LogP contribution in [0.3, 0.4) is 0 Å². The Kier molecular flexibility index (Phi) is 4.50. The number of carbonyl (C=O) groups excluding carboxylic acids is 2. The summed E-state index contributed by atoms with van der Waals surface area (Å²) in [6, 6.07) is 8.22. The summed E-state index contributed by atoms with van der Waals surface area (Å²) >= 11 is 0. The van der Waals surface area contributed by atoms with E-state index in [-0.39, 0.29) is 18.4 Å². The monoisotopic (exact) mass is 316 g/mol. The number of aliphatic hydroxyl groups is 1. The van der Waals surface area contributed by atoms with Gasteiger partial charge in [-0.15, -0.1) is 0 Å². The van der Waals surface area contributed by atoms with E-state index in [0.29, 0.717) is 32.5 Å². The molecular formula is C18H24N2O3. The Hall–Kier alpha value is -1.72. The molecule has 1 aliphatic carbocycles. The Morgan fingerprint density at radius 1 is 1.17 bits per heavy atom. The van der Waals surface area contributed by atoms with Gasteiger partial charge in [0.2, 0.25) is 11.8 Å². The van der Waals surface area contributed by atoms with Gasteiger partial charge >= 0.3 is 0 Å². The summed E-state index contributed by atoms with van der Waals surface area (Å²) in [4.78, 5) is 28.7. The van der Waals surface area contributed by atoms with Gasteiger partial charge in [0, 0.05) is 26.1 Å². The first kappa shape index (κ1) is 16.1. The fraction of sp³-hybridized carbons (Fsp3) is 0.556. The molecule has 2 amide bonds. The van der Waals surface area contributed by atoms with Gasteiger partial charge in [0.15, 0.2) is 0 Å². The van der Waals surface area contributed by atoms with E-state index in [1.807, 2.05) is 24.1 Å². The van der Waals surface area contributed by atoms with E-state index in [4.69, 9.17) is 5.11 Å². The minimum Gasteiger partial charge on any atom is -0.395 e. The first-order chi connectivity index (χ1) is 11.1. The zero-order valence-electron chi connectivity index (χ0n) is 13.6. The molecule has 1 unspecified atom stereocenters. The Morgan fingerprint density at radius 3 is 2.65 bits per heavy atom. The molecule has 5 heteroatoms. The van der Waals surface area contributed by atoms with Gasteiger partial charge in [0.05, 0.1) is 12.0 Å². The zero-order valence-corrected chi connectivity index (χ0v) is 13.6. The quantitative estimate of drug-likeness (QED) is 0.818. The van der Waals surface area contributed by atoms with Crippen molar-refractivity contribution in [2.24, 2.45) is 5.41 Å². The number of likely N-dealkylation sites (N-methyl/N-ethyl adjacent to an activating group) is 1. The molecule has 23 heavy (non-hydrogen) atoms. The third-order valence-corrected chi connectivity index (χ3v) is 5.20. The minimum atomic E-state index is -0.527. The summed E-state index contributed by atoms with van der Waals surface area (Å²) in [7, 11) is 1.88. The predicted molar refractivity (Wildman–Crippen MR) is 86.8 cm³/mol. The number of nitrogens with zero attached hydrogens (tertiary/aromatic N) is 2. The van der Waals surface area contributed by atoms with Crippen LogP contribution in [0, 0.1) is 5.41 Å². The van der Waals surface area contributed by atoms with E-state index in [0.717, 1.165) is 12.8 Å². The maximum Gasteiger partial charge on any atom is 0.236 e. The summed E-state index contributed by atoms with van der Waals surface area (Å²) in [5.74, 6) is -0.0545. The molecule has 0 aromatic heterocycles. The first-order valence-corrected chi connectivity index (χ1v) is 8.27. The molecule has 1 heterocycles. The summed E-state index contributed by atoms with van der Waals surface area (Å²) in [5.41, 5.74) is 1.99. The second-order valence-electron chi connectivity index (χ2n) is 6.78. The molecule has 1 atom stereocenters. The smallest absolute Gasteiger partial charge is 0.236 e. The van der Waals surface area contributed by atoms with Crippen molar-refractivity contribution in [3.63, 3.8) is 0 Å². The van der Waals surface area contributed by atoms with Crippen molar-refractivity contribution < 1.29 is 14.7 Å². The number of hydrogen-bond donors (Lipinski definition) is 1. The van der Waals surface area contributed by atoms with Crippen molar-refractivity contribution in [2.45, 2.75) is 25.7 Å². The maximum atomic E-state index is 12.9. The SMILES string of the molecule is CN(CCO)CCN1C(=O)CC2(CCc3ccccc3C2)C1=O. The largest absolute Gasteiger partial charge is 0.395 e. The summed E-state index contributed by atoms with van der Waals surface area (Å²) < 4.78 is 0. The van der Waals surface area contributed by atoms with Crippen LogP contribution < -0.4 is 0 Å². The van der Waals surface area contributed by atoms with Gasteiger partial charge in [-0.2, -0.15) is 0 Å². The molecule has 2 aliphatic rings. The molecule has 124 valence electrons. The molecule has 1 fully saturated rings. The highest BCUT2D eigenvalue weighted by Crippen LogP contribution is 2.44. The predicted octanol–water partition coefficient (Wildman–Crippen LogP) is 0.845. The third-order valence-electron chi connectivity index (χ3n) is 5.20. The summed E-state index contributed by atoms with van der Waals surface area (Å²) in [5, 5.41) is 8.94.